The van der Waals surface area contributed by atoms with Gasteiger partial charge in [-0.2, -0.15) is 0 Å². The highest BCUT2D eigenvalue weighted by Crippen LogP contribution is 2.36. The average Bonchev–Trinajstić information content (AvgIpc) is 2.53. The number of sulfone groups is 1. The van der Waals surface area contributed by atoms with Gasteiger partial charge >= 0.3 is 5.97 Å². The maximum Gasteiger partial charge on any atom is 0.314 e. The minimum atomic E-state index is -3.56. The second kappa shape index (κ2) is 6.20. The highest BCUT2D eigenvalue weighted by atomic mass is 32.2. The summed E-state index contributed by atoms with van der Waals surface area (Å²) >= 11 is 0. The molecule has 1 aromatic carbocycles. The molecule has 1 fully saturated rings. The van der Waals surface area contributed by atoms with Crippen molar-refractivity contribution in [2.24, 2.45) is 0 Å². The van der Waals surface area contributed by atoms with Crippen LogP contribution >= 0.6 is 0 Å². The van der Waals surface area contributed by atoms with Gasteiger partial charge in [-0.25, -0.2) is 8.42 Å². The molecule has 0 saturated carbocycles. The number of hydrogen-bond acceptors (Lipinski definition) is 4. The van der Waals surface area contributed by atoms with Gasteiger partial charge in [0.05, 0.1) is 5.41 Å². The van der Waals surface area contributed by atoms with Crippen LogP contribution in [0.5, 0.6) is 0 Å². The Morgan fingerprint density at radius 1 is 1.12 bits per heavy atom. The monoisotopic (exact) mass is 353 g/mol. The van der Waals surface area contributed by atoms with Crippen LogP contribution in [0.1, 0.15) is 32.3 Å². The molecule has 0 aromatic heterocycles. The molecule has 2 rings (SSSR count). The molecule has 0 spiro atoms. The lowest BCUT2D eigenvalue weighted by Gasteiger charge is -2.41. The first-order chi connectivity index (χ1) is 11.0. The predicted octanol–water partition coefficient (Wildman–Crippen LogP) is 1.45. The number of aliphatic carboxylic acids is 1. The fraction of sp³-hybridized carbons (Fsp3) is 0.529. The van der Waals surface area contributed by atoms with E-state index in [-0.39, 0.29) is 25.9 Å². The van der Waals surface area contributed by atoms with E-state index in [2.05, 4.69) is 0 Å². The molecule has 132 valence electrons. The number of piperidine rings is 1. The number of likely N-dealkylation sites (tertiary alicyclic amines) is 1. The third-order valence-electron chi connectivity index (χ3n) is 5.08. The van der Waals surface area contributed by atoms with Gasteiger partial charge in [0.2, 0.25) is 5.91 Å². The molecule has 7 heteroatoms. The summed E-state index contributed by atoms with van der Waals surface area (Å²) in [6.45, 7) is 3.22. The van der Waals surface area contributed by atoms with Crippen molar-refractivity contribution in [1.82, 2.24) is 4.90 Å². The zero-order valence-corrected chi connectivity index (χ0v) is 15.0. The number of carbonyl (C=O) groups excluding carboxylic acids is 1. The van der Waals surface area contributed by atoms with Crippen LogP contribution in [0.25, 0.3) is 0 Å². The molecule has 1 aliphatic heterocycles. The topological polar surface area (TPSA) is 91.8 Å². The SMILES string of the molecule is CC(C)(C(=O)N1CCC(C(=O)O)(c2ccccc2)CC1)S(C)(=O)=O. The molecule has 24 heavy (non-hydrogen) atoms. The van der Waals surface area contributed by atoms with E-state index in [1.165, 1.54) is 18.7 Å². The Bertz CT molecular complexity index is 732. The number of rotatable bonds is 4. The molecule has 0 radical (unpaired) electrons. The zero-order valence-electron chi connectivity index (χ0n) is 14.2. The van der Waals surface area contributed by atoms with E-state index in [9.17, 15) is 23.1 Å². The highest BCUT2D eigenvalue weighted by molar-refractivity contribution is 7.92. The maximum absolute atomic E-state index is 12.6. The maximum atomic E-state index is 12.6. The van der Waals surface area contributed by atoms with E-state index in [0.29, 0.717) is 5.56 Å². The normalized spacial score (nSPS) is 18.2. The molecule has 1 heterocycles. The van der Waals surface area contributed by atoms with Crippen LogP contribution in [-0.2, 0) is 24.8 Å². The van der Waals surface area contributed by atoms with Crippen molar-refractivity contribution in [2.75, 3.05) is 19.3 Å². The van der Waals surface area contributed by atoms with Gasteiger partial charge in [-0.15, -0.1) is 0 Å². The van der Waals surface area contributed by atoms with Crippen molar-refractivity contribution >= 4 is 21.7 Å². The Labute approximate surface area is 142 Å². The van der Waals surface area contributed by atoms with Crippen molar-refractivity contribution in [1.29, 1.82) is 0 Å². The van der Waals surface area contributed by atoms with Gasteiger partial charge in [-0.3, -0.25) is 9.59 Å². The smallest absolute Gasteiger partial charge is 0.314 e. The Balaban J connectivity index is 2.23. The molecule has 0 aliphatic carbocycles. The number of carboxylic acids is 1. The number of hydrogen-bond donors (Lipinski definition) is 1. The van der Waals surface area contributed by atoms with Crippen LogP contribution in [0.3, 0.4) is 0 Å². The number of amides is 1. The molecule has 0 bridgehead atoms. The molecule has 1 N–H and O–H groups in total. The van der Waals surface area contributed by atoms with Crippen LogP contribution in [0.2, 0.25) is 0 Å². The molecule has 1 aromatic rings. The largest absolute Gasteiger partial charge is 0.481 e. The number of benzene rings is 1. The van der Waals surface area contributed by atoms with E-state index >= 15 is 0 Å². The van der Waals surface area contributed by atoms with Gasteiger partial charge in [-0.1, -0.05) is 30.3 Å². The van der Waals surface area contributed by atoms with E-state index in [4.69, 9.17) is 0 Å². The summed E-state index contributed by atoms with van der Waals surface area (Å²) in [6, 6.07) is 8.99. The summed E-state index contributed by atoms with van der Waals surface area (Å²) in [7, 11) is -3.56. The highest BCUT2D eigenvalue weighted by Gasteiger charge is 2.47. The summed E-state index contributed by atoms with van der Waals surface area (Å²) < 4.78 is 22.2. The van der Waals surface area contributed by atoms with E-state index in [0.717, 1.165) is 6.26 Å². The molecule has 1 aliphatic rings. The molecular formula is C17H23NO5S. The Hall–Kier alpha value is -1.89. The average molecular weight is 353 g/mol. The van der Waals surface area contributed by atoms with Crippen molar-refractivity contribution in [2.45, 2.75) is 36.9 Å². The first kappa shape index (κ1) is 18.4. The van der Waals surface area contributed by atoms with Gasteiger partial charge in [0.1, 0.15) is 4.75 Å². The van der Waals surface area contributed by atoms with Crippen molar-refractivity contribution in [3.05, 3.63) is 35.9 Å². The summed E-state index contributed by atoms with van der Waals surface area (Å²) in [5.74, 6) is -1.39. The summed E-state index contributed by atoms with van der Waals surface area (Å²) in [4.78, 5) is 26.0. The zero-order chi connectivity index (χ0) is 18.2. The predicted molar refractivity (Wildman–Crippen MR) is 90.5 cm³/mol. The minimum absolute atomic E-state index is 0.221. The molecule has 6 nitrogen and oxygen atoms in total. The second-order valence-corrected chi connectivity index (χ2v) is 9.39. The minimum Gasteiger partial charge on any atom is -0.481 e. The van der Waals surface area contributed by atoms with Crippen molar-refractivity contribution < 1.29 is 23.1 Å². The van der Waals surface area contributed by atoms with Crippen molar-refractivity contribution in [3.8, 4) is 0 Å². The fourth-order valence-corrected chi connectivity index (χ4v) is 3.46. The lowest BCUT2D eigenvalue weighted by molar-refractivity contribution is -0.148. The summed E-state index contributed by atoms with van der Waals surface area (Å²) in [5, 5.41) is 9.76. The van der Waals surface area contributed by atoms with Gasteiger partial charge < -0.3 is 10.0 Å². The van der Waals surface area contributed by atoms with E-state index in [1.807, 2.05) is 6.07 Å². The Morgan fingerprint density at radius 2 is 1.62 bits per heavy atom. The molecule has 1 amide bonds. The van der Waals surface area contributed by atoms with Crippen LogP contribution in [-0.4, -0.2) is 54.4 Å². The van der Waals surface area contributed by atoms with Crippen LogP contribution in [0.15, 0.2) is 30.3 Å². The summed E-state index contributed by atoms with van der Waals surface area (Å²) in [5.41, 5.74) is -0.320. The lowest BCUT2D eigenvalue weighted by atomic mass is 9.72. The first-order valence-corrected chi connectivity index (χ1v) is 9.69. The quantitative estimate of drug-likeness (QED) is 0.885. The standard InChI is InChI=1S/C17H23NO5S/c1-16(2,24(3,22)23)14(19)18-11-9-17(10-12-18,15(20)21)13-7-5-4-6-8-13/h4-8H,9-12H2,1-3H3,(H,20,21). The van der Waals surface area contributed by atoms with Gasteiger partial charge in [0, 0.05) is 19.3 Å². The number of carbonyl (C=O) groups is 2. The van der Waals surface area contributed by atoms with Crippen LogP contribution < -0.4 is 0 Å². The molecule has 0 atom stereocenters. The van der Waals surface area contributed by atoms with Crippen LogP contribution in [0, 0.1) is 0 Å². The lowest BCUT2D eigenvalue weighted by Crippen LogP contribution is -2.55. The Morgan fingerprint density at radius 3 is 2.04 bits per heavy atom. The van der Waals surface area contributed by atoms with Gasteiger partial charge in [0.15, 0.2) is 9.84 Å². The van der Waals surface area contributed by atoms with Crippen LogP contribution in [0.4, 0.5) is 0 Å². The summed E-state index contributed by atoms with van der Waals surface area (Å²) in [6.07, 6.45) is 1.57. The van der Waals surface area contributed by atoms with E-state index in [1.54, 1.807) is 24.3 Å². The molecule has 1 saturated heterocycles. The second-order valence-electron chi connectivity index (χ2n) is 6.83. The van der Waals surface area contributed by atoms with Gasteiger partial charge in [0.25, 0.3) is 0 Å². The van der Waals surface area contributed by atoms with E-state index < -0.39 is 31.9 Å². The number of carboxylic acid groups (broad SMARTS) is 1. The third kappa shape index (κ3) is 3.05. The molecule has 0 unspecified atom stereocenters. The fourth-order valence-electron chi connectivity index (χ4n) is 3.01. The number of nitrogens with zero attached hydrogens (tertiary/aromatic N) is 1. The van der Waals surface area contributed by atoms with Gasteiger partial charge in [-0.05, 0) is 32.3 Å². The van der Waals surface area contributed by atoms with Crippen molar-refractivity contribution in [3.63, 3.8) is 0 Å². The Kier molecular flexibility index (Phi) is 4.77. The first-order valence-electron chi connectivity index (χ1n) is 7.80. The molecular weight excluding hydrogens is 330 g/mol. The third-order valence-corrected chi connectivity index (χ3v) is 7.11.